The number of carbonyl (C=O) groups is 2. The zero-order chi connectivity index (χ0) is 21.0. The monoisotopic (exact) mass is 415 g/mol. The first-order valence-electron chi connectivity index (χ1n) is 9.57. The van der Waals surface area contributed by atoms with E-state index in [1.165, 1.54) is 13.1 Å². The largest absolute Gasteiger partial charge is 0.326 e. The van der Waals surface area contributed by atoms with E-state index in [1.807, 2.05) is 19.1 Å². The molecule has 0 atom stereocenters. The fourth-order valence-electron chi connectivity index (χ4n) is 3.20. The zero-order valence-electron chi connectivity index (χ0n) is 16.6. The third-order valence-electron chi connectivity index (χ3n) is 4.92. The van der Waals surface area contributed by atoms with Crippen LogP contribution in [-0.4, -0.2) is 38.1 Å². The summed E-state index contributed by atoms with van der Waals surface area (Å²) in [6.07, 6.45) is 2.60. The molecule has 8 heteroatoms. The molecular weight excluding hydrogens is 390 g/mol. The van der Waals surface area contributed by atoms with E-state index < -0.39 is 15.9 Å². The Morgan fingerprint density at radius 2 is 1.86 bits per heavy atom. The number of benzene rings is 2. The fourth-order valence-corrected chi connectivity index (χ4v) is 4.38. The molecule has 0 bridgehead atoms. The molecule has 0 saturated carbocycles. The first kappa shape index (κ1) is 21.0. The Hall–Kier alpha value is -2.71. The van der Waals surface area contributed by atoms with Crippen molar-refractivity contribution >= 4 is 33.2 Å². The molecular formula is C21H25N3O4S. The second-order valence-corrected chi connectivity index (χ2v) is 9.13. The zero-order valence-corrected chi connectivity index (χ0v) is 17.4. The molecule has 0 radical (unpaired) electrons. The second kappa shape index (κ2) is 8.75. The predicted molar refractivity (Wildman–Crippen MR) is 112 cm³/mol. The van der Waals surface area contributed by atoms with Crippen molar-refractivity contribution < 1.29 is 18.0 Å². The highest BCUT2D eigenvalue weighted by molar-refractivity contribution is 7.89. The van der Waals surface area contributed by atoms with Crippen molar-refractivity contribution in [3.63, 3.8) is 0 Å². The molecule has 7 nitrogen and oxygen atoms in total. The number of nitrogens with zero attached hydrogens (tertiary/aromatic N) is 1. The van der Waals surface area contributed by atoms with Gasteiger partial charge in [-0.2, -0.15) is 4.31 Å². The van der Waals surface area contributed by atoms with Gasteiger partial charge in [0.25, 0.3) is 0 Å². The van der Waals surface area contributed by atoms with Gasteiger partial charge in [-0.25, -0.2) is 8.42 Å². The van der Waals surface area contributed by atoms with E-state index in [0.717, 1.165) is 21.9 Å². The van der Waals surface area contributed by atoms with Crippen LogP contribution in [0.5, 0.6) is 0 Å². The van der Waals surface area contributed by atoms with Gasteiger partial charge in [-0.1, -0.05) is 19.1 Å². The van der Waals surface area contributed by atoms with E-state index in [1.54, 1.807) is 24.3 Å². The van der Waals surface area contributed by atoms with Gasteiger partial charge in [0.15, 0.2) is 0 Å². The average molecular weight is 416 g/mol. The van der Waals surface area contributed by atoms with Gasteiger partial charge in [-0.3, -0.25) is 9.59 Å². The molecule has 1 aliphatic heterocycles. The van der Waals surface area contributed by atoms with Crippen molar-refractivity contribution in [2.24, 2.45) is 0 Å². The van der Waals surface area contributed by atoms with Crippen LogP contribution in [0, 0.1) is 0 Å². The van der Waals surface area contributed by atoms with E-state index >= 15 is 0 Å². The molecule has 0 aliphatic carbocycles. The summed E-state index contributed by atoms with van der Waals surface area (Å²) in [5, 5.41) is 5.50. The number of aryl methyl sites for hydroxylation is 2. The summed E-state index contributed by atoms with van der Waals surface area (Å²) in [4.78, 5) is 24.1. The van der Waals surface area contributed by atoms with Crippen molar-refractivity contribution in [2.45, 2.75) is 37.5 Å². The normalized spacial score (nSPS) is 14.1. The number of carbonyl (C=O) groups excluding carboxylic acids is 2. The third kappa shape index (κ3) is 5.02. The first-order valence-corrected chi connectivity index (χ1v) is 11.0. The van der Waals surface area contributed by atoms with E-state index in [4.69, 9.17) is 0 Å². The van der Waals surface area contributed by atoms with Crippen molar-refractivity contribution in [1.82, 2.24) is 4.31 Å². The smallest absolute Gasteiger partial charge is 0.243 e. The number of amides is 2. The lowest BCUT2D eigenvalue weighted by Crippen LogP contribution is -2.35. The van der Waals surface area contributed by atoms with Gasteiger partial charge < -0.3 is 10.6 Å². The number of sulfonamides is 1. The van der Waals surface area contributed by atoms with Gasteiger partial charge in [0.1, 0.15) is 0 Å². The maximum Gasteiger partial charge on any atom is 0.243 e. The highest BCUT2D eigenvalue weighted by Gasteiger charge is 2.25. The molecule has 29 heavy (non-hydrogen) atoms. The molecule has 2 N–H and O–H groups in total. The van der Waals surface area contributed by atoms with Crippen LogP contribution in [0.1, 0.15) is 30.9 Å². The Labute approximate surface area is 171 Å². The van der Waals surface area contributed by atoms with Crippen LogP contribution in [0.2, 0.25) is 0 Å². The molecule has 3 rings (SSSR count). The molecule has 0 fully saturated rings. The molecule has 0 spiro atoms. The average Bonchev–Trinajstić information content (AvgIpc) is 2.88. The summed E-state index contributed by atoms with van der Waals surface area (Å²) in [5.41, 5.74) is 3.20. The Kier molecular flexibility index (Phi) is 6.34. The maximum atomic E-state index is 12.9. The molecule has 154 valence electrons. The fraction of sp³-hybridized carbons (Fsp3) is 0.333. The Balaban J connectivity index is 1.70. The molecule has 0 saturated heterocycles. The number of nitrogens with one attached hydrogen (secondary N) is 2. The van der Waals surface area contributed by atoms with Crippen molar-refractivity contribution in [1.29, 1.82) is 0 Å². The van der Waals surface area contributed by atoms with Crippen LogP contribution in [-0.2, 0) is 32.5 Å². The van der Waals surface area contributed by atoms with Gasteiger partial charge in [-0.05, 0) is 60.7 Å². The maximum absolute atomic E-state index is 12.9. The molecule has 1 heterocycles. The van der Waals surface area contributed by atoms with Crippen molar-refractivity contribution in [3.8, 4) is 0 Å². The topological polar surface area (TPSA) is 95.6 Å². The minimum absolute atomic E-state index is 0.0693. The lowest BCUT2D eigenvalue weighted by atomic mass is 10.1. The Morgan fingerprint density at radius 3 is 2.55 bits per heavy atom. The van der Waals surface area contributed by atoms with Gasteiger partial charge in [-0.15, -0.1) is 0 Å². The molecule has 0 unspecified atom stereocenters. The van der Waals surface area contributed by atoms with Crippen LogP contribution >= 0.6 is 0 Å². The first-order chi connectivity index (χ1) is 13.8. The van der Waals surface area contributed by atoms with Crippen LogP contribution in [0.25, 0.3) is 0 Å². The number of hydrogen-bond donors (Lipinski definition) is 2. The van der Waals surface area contributed by atoms with Crippen LogP contribution in [0.3, 0.4) is 0 Å². The second-order valence-electron chi connectivity index (χ2n) is 7.08. The van der Waals surface area contributed by atoms with Gasteiger partial charge in [0.2, 0.25) is 21.8 Å². The minimum atomic E-state index is -3.84. The number of hydrogen-bond acceptors (Lipinski definition) is 4. The SMILES string of the molecule is CCc1ccc(NC(=O)CN(C)S(=O)(=O)c2ccc3c(c2)CCCC(=O)N3)cc1. The van der Waals surface area contributed by atoms with Crippen LogP contribution in [0.15, 0.2) is 47.4 Å². The Bertz CT molecular complexity index is 1020. The van der Waals surface area contributed by atoms with Crippen LogP contribution < -0.4 is 10.6 Å². The third-order valence-corrected chi connectivity index (χ3v) is 6.72. The standard InChI is InChI=1S/C21H25N3O4S/c1-3-15-7-9-17(10-8-15)22-21(26)14-24(2)29(27,28)18-11-12-19-16(13-18)5-4-6-20(25)23-19/h7-13H,3-6,14H2,1-2H3,(H,22,26)(H,23,25). The predicted octanol–water partition coefficient (Wildman–Crippen LogP) is 2.78. The summed E-state index contributed by atoms with van der Waals surface area (Å²) in [5.74, 6) is -0.484. The lowest BCUT2D eigenvalue weighted by Gasteiger charge is -2.18. The summed E-state index contributed by atoms with van der Waals surface area (Å²) in [7, 11) is -2.46. The number of rotatable bonds is 6. The summed E-state index contributed by atoms with van der Waals surface area (Å²) >= 11 is 0. The lowest BCUT2D eigenvalue weighted by molar-refractivity contribution is -0.117. The molecule has 1 aliphatic rings. The van der Waals surface area contributed by atoms with E-state index in [-0.39, 0.29) is 17.3 Å². The van der Waals surface area contributed by atoms with Crippen molar-refractivity contribution in [2.75, 3.05) is 24.2 Å². The summed E-state index contributed by atoms with van der Waals surface area (Å²) < 4.78 is 26.8. The molecule has 2 aromatic rings. The highest BCUT2D eigenvalue weighted by atomic mass is 32.2. The van der Waals surface area contributed by atoms with Crippen LogP contribution in [0.4, 0.5) is 11.4 Å². The van der Waals surface area contributed by atoms with E-state index in [2.05, 4.69) is 10.6 Å². The summed E-state index contributed by atoms with van der Waals surface area (Å²) in [6.45, 7) is 1.75. The van der Waals surface area contributed by atoms with Gasteiger partial charge in [0.05, 0.1) is 11.4 Å². The van der Waals surface area contributed by atoms with Gasteiger partial charge in [0, 0.05) is 24.8 Å². The van der Waals surface area contributed by atoms with Crippen molar-refractivity contribution in [3.05, 3.63) is 53.6 Å². The van der Waals surface area contributed by atoms with E-state index in [0.29, 0.717) is 30.6 Å². The number of anilines is 2. The highest BCUT2D eigenvalue weighted by Crippen LogP contribution is 2.26. The summed E-state index contributed by atoms with van der Waals surface area (Å²) in [6, 6.07) is 12.1. The van der Waals surface area contributed by atoms with E-state index in [9.17, 15) is 18.0 Å². The quantitative estimate of drug-likeness (QED) is 0.758. The molecule has 2 amide bonds. The van der Waals surface area contributed by atoms with Gasteiger partial charge >= 0.3 is 0 Å². The Morgan fingerprint density at radius 1 is 1.14 bits per heavy atom. The number of likely N-dealkylation sites (N-methyl/N-ethyl adjacent to an activating group) is 1. The number of fused-ring (bicyclic) bond motifs is 1. The molecule has 0 aromatic heterocycles. The minimum Gasteiger partial charge on any atom is -0.326 e. The molecule has 2 aromatic carbocycles.